The average molecular weight is 543 g/mol. The number of nitrogens with one attached hydrogen (secondary N) is 2. The number of anilines is 1. The van der Waals surface area contributed by atoms with Gasteiger partial charge in [0.2, 0.25) is 5.91 Å². The largest absolute Gasteiger partial charge is 0.342 e. The molecule has 1 aromatic heterocycles. The summed E-state index contributed by atoms with van der Waals surface area (Å²) in [6.45, 7) is 10.3. The molecule has 2 N–H and O–H groups in total. The molecule has 7 nitrogen and oxygen atoms in total. The number of hydrogen-bond acceptors (Lipinski definition) is 5. The van der Waals surface area contributed by atoms with Crippen LogP contribution in [0.4, 0.5) is 5.69 Å². The van der Waals surface area contributed by atoms with Crippen LogP contribution in [0.1, 0.15) is 41.6 Å². The summed E-state index contributed by atoms with van der Waals surface area (Å²) in [6.07, 6.45) is 1.75. The minimum atomic E-state index is -0.355. The first-order valence-corrected chi connectivity index (χ1v) is 12.7. The second-order valence-corrected chi connectivity index (χ2v) is 10.0. The predicted octanol–water partition coefficient (Wildman–Crippen LogP) is 5.39. The van der Waals surface area contributed by atoms with Crippen LogP contribution in [-0.2, 0) is 11.3 Å². The van der Waals surface area contributed by atoms with Gasteiger partial charge < -0.3 is 15.2 Å². The number of thioether (sulfide) groups is 1. The Morgan fingerprint density at radius 1 is 1.18 bits per heavy atom. The number of rotatable bonds is 10. The quantitative estimate of drug-likeness (QED) is 0.265. The van der Waals surface area contributed by atoms with Gasteiger partial charge in [-0.25, -0.2) is 0 Å². The van der Waals surface area contributed by atoms with Crippen LogP contribution in [0.5, 0.6) is 0 Å². The maximum absolute atomic E-state index is 12.9. The second-order valence-electron chi connectivity index (χ2n) is 8.15. The zero-order chi connectivity index (χ0) is 24.7. The van der Waals surface area contributed by atoms with E-state index in [0.29, 0.717) is 23.1 Å². The third-order valence-corrected chi connectivity index (χ3v) is 6.52. The summed E-state index contributed by atoms with van der Waals surface area (Å²) in [6, 6.07) is 14.5. The molecule has 2 aromatic carbocycles. The van der Waals surface area contributed by atoms with Crippen molar-refractivity contribution in [2.75, 3.05) is 11.1 Å². The number of hydrogen-bond donors (Lipinski definition) is 2. The summed E-state index contributed by atoms with van der Waals surface area (Å²) >= 11 is 4.67. The summed E-state index contributed by atoms with van der Waals surface area (Å²) in [4.78, 5) is 25.4. The second kappa shape index (κ2) is 12.0. The van der Waals surface area contributed by atoms with Crippen LogP contribution >= 0.6 is 27.7 Å². The molecule has 0 spiro atoms. The highest BCUT2D eigenvalue weighted by Gasteiger charge is 2.26. The van der Waals surface area contributed by atoms with Crippen molar-refractivity contribution in [3.05, 3.63) is 82.6 Å². The van der Waals surface area contributed by atoms with Crippen LogP contribution in [0.25, 0.3) is 0 Å². The van der Waals surface area contributed by atoms with Crippen LogP contribution in [0.3, 0.4) is 0 Å². The summed E-state index contributed by atoms with van der Waals surface area (Å²) < 4.78 is 2.84. The number of halogens is 1. The van der Waals surface area contributed by atoms with Gasteiger partial charge >= 0.3 is 0 Å². The molecule has 1 unspecified atom stereocenters. The van der Waals surface area contributed by atoms with Crippen molar-refractivity contribution >= 4 is 45.2 Å². The standard InChI is InChI=1S/C25H28BrN5O2S/c1-5-13-31-23(22(16(2)3)28-24(33)18-8-6-7-17(4)14-18)29-30-25(31)34-15-21(32)27-20-11-9-19(26)10-12-20/h5-12,14,16,22H,1,13,15H2,2-4H3,(H,27,32)(H,28,33). The summed E-state index contributed by atoms with van der Waals surface area (Å²) in [7, 11) is 0. The lowest BCUT2D eigenvalue weighted by Crippen LogP contribution is -2.34. The van der Waals surface area contributed by atoms with E-state index in [1.54, 1.807) is 12.1 Å². The molecule has 0 saturated heterocycles. The third-order valence-electron chi connectivity index (χ3n) is 5.03. The summed E-state index contributed by atoms with van der Waals surface area (Å²) in [5.74, 6) is 0.563. The molecule has 0 radical (unpaired) electrons. The van der Waals surface area contributed by atoms with Gasteiger partial charge in [0.15, 0.2) is 11.0 Å². The Bertz CT molecular complexity index is 1160. The first-order chi connectivity index (χ1) is 16.3. The average Bonchev–Trinajstić information content (AvgIpc) is 3.19. The van der Waals surface area contributed by atoms with Gasteiger partial charge in [0.25, 0.3) is 5.91 Å². The molecule has 178 valence electrons. The van der Waals surface area contributed by atoms with Crippen molar-refractivity contribution in [3.8, 4) is 0 Å². The number of benzene rings is 2. The minimum absolute atomic E-state index is 0.0695. The molecule has 9 heteroatoms. The lowest BCUT2D eigenvalue weighted by atomic mass is 10.0. The van der Waals surface area contributed by atoms with E-state index in [9.17, 15) is 9.59 Å². The molecule has 0 aliphatic carbocycles. The van der Waals surface area contributed by atoms with Gasteiger partial charge in [-0.05, 0) is 49.2 Å². The van der Waals surface area contributed by atoms with Gasteiger partial charge in [-0.2, -0.15) is 0 Å². The number of carbonyl (C=O) groups excluding carboxylic acids is 2. The molecule has 3 rings (SSSR count). The molecule has 34 heavy (non-hydrogen) atoms. The van der Waals surface area contributed by atoms with E-state index in [2.05, 4.69) is 43.3 Å². The van der Waals surface area contributed by atoms with Gasteiger partial charge in [0.1, 0.15) is 0 Å². The molecule has 1 atom stereocenters. The van der Waals surface area contributed by atoms with Crippen molar-refractivity contribution in [2.45, 2.75) is 38.5 Å². The zero-order valence-electron chi connectivity index (χ0n) is 19.4. The highest BCUT2D eigenvalue weighted by Crippen LogP contribution is 2.26. The Balaban J connectivity index is 1.74. The van der Waals surface area contributed by atoms with Crippen molar-refractivity contribution < 1.29 is 9.59 Å². The topological polar surface area (TPSA) is 88.9 Å². The zero-order valence-corrected chi connectivity index (χ0v) is 21.8. The van der Waals surface area contributed by atoms with Crippen LogP contribution in [0.15, 0.2) is 70.8 Å². The van der Waals surface area contributed by atoms with E-state index in [4.69, 9.17) is 0 Å². The minimum Gasteiger partial charge on any atom is -0.342 e. The van der Waals surface area contributed by atoms with E-state index in [1.165, 1.54) is 11.8 Å². The van der Waals surface area contributed by atoms with Gasteiger partial charge in [-0.1, -0.05) is 65.3 Å². The Morgan fingerprint density at radius 3 is 2.56 bits per heavy atom. The van der Waals surface area contributed by atoms with E-state index in [-0.39, 0.29) is 29.5 Å². The fraction of sp³-hybridized carbons (Fsp3) is 0.280. The highest BCUT2D eigenvalue weighted by atomic mass is 79.9. The predicted molar refractivity (Wildman–Crippen MR) is 140 cm³/mol. The number of amides is 2. The third kappa shape index (κ3) is 6.80. The summed E-state index contributed by atoms with van der Waals surface area (Å²) in [5, 5.41) is 15.3. The maximum atomic E-state index is 12.9. The molecule has 1 heterocycles. The first-order valence-electron chi connectivity index (χ1n) is 10.9. The fourth-order valence-electron chi connectivity index (χ4n) is 3.34. The van der Waals surface area contributed by atoms with Crippen LogP contribution < -0.4 is 10.6 Å². The number of carbonyl (C=O) groups is 2. The Morgan fingerprint density at radius 2 is 1.91 bits per heavy atom. The first kappa shape index (κ1) is 25.7. The van der Waals surface area contributed by atoms with E-state index >= 15 is 0 Å². The van der Waals surface area contributed by atoms with Crippen LogP contribution in [0.2, 0.25) is 0 Å². The normalized spacial score (nSPS) is 11.8. The number of aryl methyl sites for hydroxylation is 1. The smallest absolute Gasteiger partial charge is 0.251 e. The van der Waals surface area contributed by atoms with Crippen molar-refractivity contribution in [3.63, 3.8) is 0 Å². The monoisotopic (exact) mass is 541 g/mol. The van der Waals surface area contributed by atoms with Crippen molar-refractivity contribution in [1.82, 2.24) is 20.1 Å². The molecule has 0 bridgehead atoms. The molecule has 0 aliphatic rings. The van der Waals surface area contributed by atoms with Gasteiger partial charge in [-0.15, -0.1) is 16.8 Å². The highest BCUT2D eigenvalue weighted by molar-refractivity contribution is 9.10. The van der Waals surface area contributed by atoms with Crippen LogP contribution in [0, 0.1) is 12.8 Å². The number of aromatic nitrogens is 3. The Kier molecular flexibility index (Phi) is 9.06. The lowest BCUT2D eigenvalue weighted by molar-refractivity contribution is -0.113. The number of nitrogens with zero attached hydrogens (tertiary/aromatic N) is 3. The molecule has 0 fully saturated rings. The molecule has 0 aliphatic heterocycles. The van der Waals surface area contributed by atoms with Gasteiger partial charge in [-0.3, -0.25) is 9.59 Å². The number of allylic oxidation sites excluding steroid dienone is 1. The molecular formula is C25H28BrN5O2S. The van der Waals surface area contributed by atoms with Crippen LogP contribution in [-0.4, -0.2) is 32.3 Å². The van der Waals surface area contributed by atoms with E-state index in [1.807, 2.05) is 67.8 Å². The maximum Gasteiger partial charge on any atom is 0.251 e. The lowest BCUT2D eigenvalue weighted by Gasteiger charge is -2.22. The molecular weight excluding hydrogens is 514 g/mol. The molecule has 0 saturated carbocycles. The fourth-order valence-corrected chi connectivity index (χ4v) is 4.36. The Labute approximate surface area is 212 Å². The van der Waals surface area contributed by atoms with Gasteiger partial charge in [0, 0.05) is 22.3 Å². The molecule has 2 amide bonds. The Hall–Kier alpha value is -2.91. The van der Waals surface area contributed by atoms with Gasteiger partial charge in [0.05, 0.1) is 11.8 Å². The summed E-state index contributed by atoms with van der Waals surface area (Å²) in [5.41, 5.74) is 2.34. The molecule has 3 aromatic rings. The van der Waals surface area contributed by atoms with E-state index in [0.717, 1.165) is 15.7 Å². The SMILES string of the molecule is C=CCn1c(SCC(=O)Nc2ccc(Br)cc2)nnc1C(NC(=O)c1cccc(C)c1)C(C)C. The van der Waals surface area contributed by atoms with Crippen molar-refractivity contribution in [1.29, 1.82) is 0 Å². The van der Waals surface area contributed by atoms with E-state index < -0.39 is 0 Å². The van der Waals surface area contributed by atoms with Crippen molar-refractivity contribution in [2.24, 2.45) is 5.92 Å².